The van der Waals surface area contributed by atoms with Crippen LogP contribution in [0.3, 0.4) is 0 Å². The molecule has 7 rings (SSSR count). The van der Waals surface area contributed by atoms with Crippen molar-refractivity contribution >= 4 is 61.8 Å². The Morgan fingerprint density at radius 2 is 1.10 bits per heavy atom. The van der Waals surface area contributed by atoms with Gasteiger partial charge in [0.25, 0.3) is 0 Å². The van der Waals surface area contributed by atoms with Gasteiger partial charge in [0.05, 0.1) is 10.2 Å². The van der Waals surface area contributed by atoms with Crippen molar-refractivity contribution < 1.29 is 19.2 Å². The lowest BCUT2D eigenvalue weighted by atomic mass is 10.0. The molecule has 3 N–H and O–H groups in total. The SMILES string of the molecule is CCN(CC)[C@@H](C(=O)N1CCC[C@H]1C(=O)Nc1ccc(-c2[nH]c3ccc(NC(=O)[C@@H]4CCCN4C(=O)[C@@H](c4ccccc4)N(CC)CC)cc3c2Br)cc1)c1ccccc1. The summed E-state index contributed by atoms with van der Waals surface area (Å²) < 4.78 is 0.842. The first kappa shape index (κ1) is 42.8. The van der Waals surface area contributed by atoms with Crippen LogP contribution in [0.15, 0.2) is 108 Å². The maximum absolute atomic E-state index is 14.2. The summed E-state index contributed by atoms with van der Waals surface area (Å²) in [5.74, 6) is -0.463. The van der Waals surface area contributed by atoms with Crippen LogP contribution in [0.5, 0.6) is 0 Å². The number of anilines is 2. The summed E-state index contributed by atoms with van der Waals surface area (Å²) in [5, 5.41) is 7.08. The normalized spacial score (nSPS) is 17.6. The highest BCUT2D eigenvalue weighted by atomic mass is 79.9. The number of likely N-dealkylation sites (N-methyl/N-ethyl adjacent to an activating group) is 2. The van der Waals surface area contributed by atoms with Gasteiger partial charge >= 0.3 is 0 Å². The lowest BCUT2D eigenvalue weighted by Gasteiger charge is -2.34. The minimum Gasteiger partial charge on any atom is -0.354 e. The Morgan fingerprint density at radius 3 is 1.57 bits per heavy atom. The van der Waals surface area contributed by atoms with Crippen molar-refractivity contribution in [2.45, 2.75) is 77.5 Å². The van der Waals surface area contributed by atoms with Crippen molar-refractivity contribution in [3.05, 3.63) is 119 Å². The van der Waals surface area contributed by atoms with Crippen LogP contribution in [0.1, 0.15) is 76.6 Å². The van der Waals surface area contributed by atoms with Crippen molar-refractivity contribution in [1.29, 1.82) is 0 Å². The molecule has 2 aliphatic rings. The van der Waals surface area contributed by atoms with Crippen molar-refractivity contribution in [3.8, 4) is 11.3 Å². The first-order valence-corrected chi connectivity index (χ1v) is 22.2. The van der Waals surface area contributed by atoms with E-state index in [1.54, 1.807) is 9.80 Å². The molecule has 4 atom stereocenters. The van der Waals surface area contributed by atoms with Gasteiger partial charge in [0, 0.05) is 35.4 Å². The van der Waals surface area contributed by atoms with Crippen molar-refractivity contribution in [2.24, 2.45) is 0 Å². The number of carbonyl (C=O) groups is 4. The zero-order valence-electron chi connectivity index (χ0n) is 35.0. The van der Waals surface area contributed by atoms with E-state index in [9.17, 15) is 19.2 Å². The number of aromatic amines is 1. The summed E-state index contributed by atoms with van der Waals surface area (Å²) in [6.45, 7) is 12.2. The molecular formula is C48H56BrN7O4. The molecule has 0 saturated carbocycles. The van der Waals surface area contributed by atoms with Gasteiger partial charge in [-0.2, -0.15) is 0 Å². The van der Waals surface area contributed by atoms with E-state index in [4.69, 9.17) is 0 Å². The Balaban J connectivity index is 1.02. The second kappa shape index (κ2) is 19.4. The van der Waals surface area contributed by atoms with E-state index in [0.717, 1.165) is 76.8 Å². The third kappa shape index (κ3) is 8.91. The van der Waals surface area contributed by atoms with E-state index in [2.05, 4.69) is 69.0 Å². The predicted octanol–water partition coefficient (Wildman–Crippen LogP) is 8.62. The van der Waals surface area contributed by atoms with Gasteiger partial charge in [-0.1, -0.05) is 100 Å². The summed E-state index contributed by atoms with van der Waals surface area (Å²) in [6.07, 6.45) is 2.76. The lowest BCUT2D eigenvalue weighted by Crippen LogP contribution is -2.48. The second-order valence-corrected chi connectivity index (χ2v) is 16.4. The highest BCUT2D eigenvalue weighted by Crippen LogP contribution is 2.37. The fraction of sp³-hybridized carbons (Fsp3) is 0.375. The number of carbonyl (C=O) groups excluding carboxylic acids is 4. The standard InChI is InChI=1S/C48H56BrN7O4/c1-5-53(6-2)43(33-17-11-9-12-18-33)47(59)55-29-15-21-39(55)45(57)50-35-25-23-32(24-26-35)42-41(49)37-31-36(27-28-38(37)52-42)51-46(58)40-22-16-30-56(40)48(60)44(54(7-3)8-4)34-19-13-10-14-20-34/h9-14,17-20,23-28,31,39-40,43-44,52H,5-8,15-16,21-22,29-30H2,1-4H3,(H,50,57)(H,51,58)/t39-,40-,43+,44+/m0/s1. The Kier molecular flexibility index (Phi) is 13.8. The van der Waals surface area contributed by atoms with E-state index in [1.165, 1.54) is 0 Å². The van der Waals surface area contributed by atoms with Gasteiger partial charge in [0.15, 0.2) is 0 Å². The first-order valence-electron chi connectivity index (χ1n) is 21.4. The molecule has 2 aliphatic heterocycles. The number of aromatic nitrogens is 1. The number of H-pyrrole nitrogens is 1. The molecule has 1 aromatic heterocycles. The molecule has 3 heterocycles. The van der Waals surface area contributed by atoms with Crippen LogP contribution < -0.4 is 10.6 Å². The monoisotopic (exact) mass is 873 g/mol. The second-order valence-electron chi connectivity index (χ2n) is 15.6. The summed E-state index contributed by atoms with van der Waals surface area (Å²) in [7, 11) is 0. The molecular weight excluding hydrogens is 818 g/mol. The number of hydrogen-bond acceptors (Lipinski definition) is 6. The number of benzene rings is 4. The predicted molar refractivity (Wildman–Crippen MR) is 242 cm³/mol. The molecule has 2 saturated heterocycles. The van der Waals surface area contributed by atoms with Gasteiger partial charge in [0.1, 0.15) is 24.2 Å². The number of nitrogens with zero attached hydrogens (tertiary/aromatic N) is 4. The smallest absolute Gasteiger partial charge is 0.247 e. The molecule has 4 amide bonds. The van der Waals surface area contributed by atoms with E-state index < -0.39 is 24.2 Å². The molecule has 0 unspecified atom stereocenters. The molecule has 314 valence electrons. The molecule has 4 aromatic carbocycles. The van der Waals surface area contributed by atoms with Crippen LogP contribution >= 0.6 is 15.9 Å². The molecule has 2 fully saturated rings. The molecule has 11 nitrogen and oxygen atoms in total. The van der Waals surface area contributed by atoms with Crippen molar-refractivity contribution in [1.82, 2.24) is 24.6 Å². The number of amides is 4. The topological polar surface area (TPSA) is 121 Å². The molecule has 0 spiro atoms. The average Bonchev–Trinajstić information content (AvgIpc) is 4.05. The zero-order valence-corrected chi connectivity index (χ0v) is 36.6. The van der Waals surface area contributed by atoms with E-state index in [-0.39, 0.29) is 23.6 Å². The van der Waals surface area contributed by atoms with Gasteiger partial charge < -0.3 is 25.4 Å². The van der Waals surface area contributed by atoms with Gasteiger partial charge in [-0.3, -0.25) is 29.0 Å². The molecule has 60 heavy (non-hydrogen) atoms. The summed E-state index contributed by atoms with van der Waals surface area (Å²) in [6, 6.07) is 31.0. The Hall–Kier alpha value is -5.30. The van der Waals surface area contributed by atoms with Crippen molar-refractivity contribution in [2.75, 3.05) is 49.9 Å². The van der Waals surface area contributed by atoms with Crippen LogP contribution in [0.25, 0.3) is 22.2 Å². The zero-order chi connectivity index (χ0) is 42.3. The van der Waals surface area contributed by atoms with E-state index in [0.29, 0.717) is 37.3 Å². The first-order chi connectivity index (χ1) is 29.2. The van der Waals surface area contributed by atoms with Crippen LogP contribution in [-0.4, -0.2) is 99.6 Å². The van der Waals surface area contributed by atoms with Gasteiger partial charge in [-0.15, -0.1) is 0 Å². The third-order valence-corrected chi connectivity index (χ3v) is 13.0. The number of fused-ring (bicyclic) bond motifs is 1. The minimum absolute atomic E-state index is 0.0391. The van der Waals surface area contributed by atoms with Crippen LogP contribution in [-0.2, 0) is 19.2 Å². The molecule has 0 bridgehead atoms. The maximum Gasteiger partial charge on any atom is 0.247 e. The van der Waals surface area contributed by atoms with Crippen LogP contribution in [0.2, 0.25) is 0 Å². The molecule has 0 radical (unpaired) electrons. The molecule has 0 aliphatic carbocycles. The number of rotatable bonds is 15. The van der Waals surface area contributed by atoms with Gasteiger partial charge in [0.2, 0.25) is 23.6 Å². The fourth-order valence-electron chi connectivity index (χ4n) is 8.99. The Morgan fingerprint density at radius 1 is 0.650 bits per heavy atom. The third-order valence-electron chi connectivity index (χ3n) is 12.2. The molecule has 12 heteroatoms. The Bertz CT molecular complexity index is 2270. The van der Waals surface area contributed by atoms with Crippen molar-refractivity contribution in [3.63, 3.8) is 0 Å². The molecule has 5 aromatic rings. The number of halogens is 1. The number of nitrogens with one attached hydrogen (secondary N) is 3. The summed E-state index contributed by atoms with van der Waals surface area (Å²) >= 11 is 3.81. The summed E-state index contributed by atoms with van der Waals surface area (Å²) in [4.78, 5) is 67.2. The largest absolute Gasteiger partial charge is 0.354 e. The highest BCUT2D eigenvalue weighted by Gasteiger charge is 2.41. The van der Waals surface area contributed by atoms with Crippen LogP contribution in [0, 0.1) is 0 Å². The van der Waals surface area contributed by atoms with Crippen LogP contribution in [0.4, 0.5) is 11.4 Å². The van der Waals surface area contributed by atoms with Gasteiger partial charge in [-0.25, -0.2) is 0 Å². The summed E-state index contributed by atoms with van der Waals surface area (Å²) in [5.41, 5.74) is 5.82. The number of likely N-dealkylation sites (tertiary alicyclic amines) is 2. The fourth-order valence-corrected chi connectivity index (χ4v) is 9.65. The number of hydrogen-bond donors (Lipinski definition) is 3. The lowest BCUT2D eigenvalue weighted by molar-refractivity contribution is -0.141. The quantitative estimate of drug-likeness (QED) is 0.0970. The average molecular weight is 875 g/mol. The van der Waals surface area contributed by atoms with Gasteiger partial charge in [-0.05, 0) is 115 Å². The van der Waals surface area contributed by atoms with E-state index >= 15 is 0 Å². The van der Waals surface area contributed by atoms with E-state index in [1.807, 2.05) is 103 Å². The minimum atomic E-state index is -0.560. The highest BCUT2D eigenvalue weighted by molar-refractivity contribution is 9.10. The Labute approximate surface area is 361 Å². The maximum atomic E-state index is 14.2.